The number of hydrogen-bond acceptors (Lipinski definition) is 3. The summed E-state index contributed by atoms with van der Waals surface area (Å²) in [5.74, 6) is 0. The van der Waals surface area contributed by atoms with Crippen molar-refractivity contribution < 1.29 is 33.8 Å². The molecule has 0 atom stereocenters. The summed E-state index contributed by atoms with van der Waals surface area (Å²) in [5, 5.41) is 7.47. The van der Waals surface area contributed by atoms with E-state index in [9.17, 15) is 14.2 Å². The van der Waals surface area contributed by atoms with E-state index in [1.807, 2.05) is 6.07 Å². The molecule has 0 unspecified atom stereocenters. The third-order valence-electron chi connectivity index (χ3n) is 3.17. The van der Waals surface area contributed by atoms with Crippen LogP contribution >= 0.6 is 15.2 Å². The van der Waals surface area contributed by atoms with Gasteiger partial charge in [-0.25, -0.2) is 0 Å². The average molecular weight is 354 g/mol. The van der Waals surface area contributed by atoms with Gasteiger partial charge in [-0.1, -0.05) is 49.1 Å². The van der Waals surface area contributed by atoms with Crippen LogP contribution in [0.3, 0.4) is 0 Å². The first kappa shape index (κ1) is 18.7. The Morgan fingerprint density at radius 2 is 1.52 bits per heavy atom. The predicted octanol–water partition coefficient (Wildman–Crippen LogP) is 0.776. The Kier molecular flexibility index (Phi) is 5.11. The van der Waals surface area contributed by atoms with Gasteiger partial charge in [0.05, 0.1) is 8.07 Å². The molecule has 1 aromatic rings. The number of rotatable bonds is 5. The summed E-state index contributed by atoms with van der Waals surface area (Å²) in [7, 11) is -12.6. The summed E-state index contributed by atoms with van der Waals surface area (Å²) in [6.07, 6.45) is -0.820. The summed E-state index contributed by atoms with van der Waals surface area (Å²) in [6, 6.07) is 6.59. The first-order valence-corrected chi connectivity index (χ1v) is 12.8. The first-order valence-electron chi connectivity index (χ1n) is 6.11. The van der Waals surface area contributed by atoms with Crippen molar-refractivity contribution in [3.8, 4) is 0 Å². The molecule has 0 aliphatic rings. The van der Waals surface area contributed by atoms with Crippen LogP contribution in [0.4, 0.5) is 0 Å². The quantitative estimate of drug-likeness (QED) is 0.389. The van der Waals surface area contributed by atoms with E-state index in [-0.39, 0.29) is 5.56 Å². The van der Waals surface area contributed by atoms with E-state index in [2.05, 4.69) is 19.6 Å². The van der Waals surface area contributed by atoms with Crippen LogP contribution in [-0.2, 0) is 15.6 Å². The van der Waals surface area contributed by atoms with E-state index in [0.29, 0.717) is 0 Å². The van der Waals surface area contributed by atoms with Crippen molar-refractivity contribution in [3.63, 3.8) is 0 Å². The molecule has 1 aromatic carbocycles. The molecular formula is C11H20O7P2Si. The van der Waals surface area contributed by atoms with Crippen LogP contribution in [0.1, 0.15) is 5.56 Å². The van der Waals surface area contributed by atoms with E-state index in [1.165, 1.54) is 6.07 Å². The van der Waals surface area contributed by atoms with Gasteiger partial charge in [-0.3, -0.25) is 9.13 Å². The predicted molar refractivity (Wildman–Crippen MR) is 82.2 cm³/mol. The lowest BCUT2D eigenvalue weighted by atomic mass is 10.1. The molecule has 10 heteroatoms. The van der Waals surface area contributed by atoms with Crippen LogP contribution in [-0.4, -0.2) is 37.8 Å². The van der Waals surface area contributed by atoms with E-state index in [1.54, 1.807) is 12.1 Å². The minimum absolute atomic E-state index is 0.268. The molecule has 0 saturated carbocycles. The highest BCUT2D eigenvalue weighted by molar-refractivity contribution is 7.72. The first-order chi connectivity index (χ1) is 9.18. The van der Waals surface area contributed by atoms with Gasteiger partial charge >= 0.3 is 15.2 Å². The lowest BCUT2D eigenvalue weighted by molar-refractivity contribution is 0.131. The third-order valence-corrected chi connectivity index (χ3v) is 8.96. The van der Waals surface area contributed by atoms with Gasteiger partial charge in [-0.05, 0) is 5.56 Å². The molecule has 0 radical (unpaired) electrons. The van der Waals surface area contributed by atoms with Crippen LogP contribution < -0.4 is 5.19 Å². The van der Waals surface area contributed by atoms with Crippen molar-refractivity contribution in [2.45, 2.75) is 31.1 Å². The second kappa shape index (κ2) is 5.72. The zero-order valence-electron chi connectivity index (χ0n) is 12.0. The van der Waals surface area contributed by atoms with Crippen molar-refractivity contribution in [1.82, 2.24) is 0 Å². The molecule has 1 rings (SSSR count). The fraction of sp³-hybridized carbons (Fsp3) is 0.455. The molecule has 0 aromatic heterocycles. The van der Waals surface area contributed by atoms with E-state index in [0.717, 1.165) is 5.19 Å². The lowest BCUT2D eigenvalue weighted by Crippen LogP contribution is -2.38. The summed E-state index contributed by atoms with van der Waals surface area (Å²) < 4.78 is 22.7. The summed E-state index contributed by atoms with van der Waals surface area (Å²) in [5.41, 5.74) is 0.268. The van der Waals surface area contributed by atoms with Gasteiger partial charge in [0.15, 0.2) is 0 Å². The molecule has 21 heavy (non-hydrogen) atoms. The maximum atomic E-state index is 11.3. The van der Waals surface area contributed by atoms with Crippen LogP contribution in [0.5, 0.6) is 0 Å². The monoisotopic (exact) mass is 354 g/mol. The maximum Gasteiger partial charge on any atom is 0.369 e. The molecular weight excluding hydrogens is 334 g/mol. The highest BCUT2D eigenvalue weighted by atomic mass is 31.2. The highest BCUT2D eigenvalue weighted by Crippen LogP contribution is 2.68. The molecule has 0 fully saturated rings. The highest BCUT2D eigenvalue weighted by Gasteiger charge is 2.59. The smallest absolute Gasteiger partial charge is 0.367 e. The standard InChI is InChI=1S/C11H20O7P2Si/c1-21(2,3)10-6-4-5-9(7-10)8-11(12,19(13,14)15)20(16,17)18/h4-7,12H,8H2,1-3H3,(H2,13,14,15)(H2,16,17,18). The third kappa shape index (κ3) is 4.12. The Labute approximate surface area is 124 Å². The molecule has 0 amide bonds. The van der Waals surface area contributed by atoms with Crippen molar-refractivity contribution in [2.75, 3.05) is 0 Å². The van der Waals surface area contributed by atoms with E-state index in [4.69, 9.17) is 19.6 Å². The van der Waals surface area contributed by atoms with E-state index < -0.39 is 34.8 Å². The minimum atomic E-state index is -5.43. The fourth-order valence-electron chi connectivity index (χ4n) is 1.80. The largest absolute Gasteiger partial charge is 0.369 e. The van der Waals surface area contributed by atoms with Gasteiger partial charge in [0, 0.05) is 6.42 Å². The zero-order valence-corrected chi connectivity index (χ0v) is 14.8. The lowest BCUT2D eigenvalue weighted by Gasteiger charge is -2.29. The van der Waals surface area contributed by atoms with Crippen LogP contribution in [0, 0.1) is 0 Å². The normalized spacial score (nSPS) is 14.3. The van der Waals surface area contributed by atoms with Crippen molar-refractivity contribution in [1.29, 1.82) is 0 Å². The summed E-state index contributed by atoms with van der Waals surface area (Å²) in [4.78, 5) is 36.6. The minimum Gasteiger partial charge on any atom is -0.367 e. The topological polar surface area (TPSA) is 135 Å². The molecule has 0 spiro atoms. The maximum absolute atomic E-state index is 11.3. The fourth-order valence-corrected chi connectivity index (χ4v) is 5.15. The Hall–Kier alpha value is -0.303. The van der Waals surface area contributed by atoms with Gasteiger partial charge in [-0.2, -0.15) is 0 Å². The molecule has 120 valence electrons. The number of aliphatic hydroxyl groups is 1. The van der Waals surface area contributed by atoms with Crippen molar-refractivity contribution in [3.05, 3.63) is 29.8 Å². The van der Waals surface area contributed by atoms with E-state index >= 15 is 0 Å². The molecule has 0 aliphatic heterocycles. The van der Waals surface area contributed by atoms with Crippen LogP contribution in [0.2, 0.25) is 19.6 Å². The number of benzene rings is 1. The van der Waals surface area contributed by atoms with Gasteiger partial charge in [0.25, 0.3) is 5.08 Å². The van der Waals surface area contributed by atoms with Gasteiger partial charge in [0.1, 0.15) is 0 Å². The van der Waals surface area contributed by atoms with Crippen molar-refractivity contribution >= 4 is 28.5 Å². The zero-order chi connectivity index (χ0) is 16.7. The Bertz CT molecular complexity index is 591. The van der Waals surface area contributed by atoms with Gasteiger partial charge in [-0.15, -0.1) is 0 Å². The second-order valence-electron chi connectivity index (χ2n) is 5.99. The van der Waals surface area contributed by atoms with Gasteiger partial charge < -0.3 is 24.7 Å². The Balaban J connectivity index is 3.31. The number of hydrogen-bond donors (Lipinski definition) is 5. The molecule has 7 nitrogen and oxygen atoms in total. The molecule has 5 N–H and O–H groups in total. The van der Waals surface area contributed by atoms with Crippen molar-refractivity contribution in [2.24, 2.45) is 0 Å². The Morgan fingerprint density at radius 1 is 1.05 bits per heavy atom. The van der Waals surface area contributed by atoms with Crippen LogP contribution in [0.15, 0.2) is 24.3 Å². The molecule has 0 bridgehead atoms. The second-order valence-corrected chi connectivity index (χ2v) is 15.1. The SMILES string of the molecule is C[Si](C)(C)c1cccc(CC(O)(P(=O)(O)O)P(=O)(O)O)c1. The Morgan fingerprint density at radius 3 is 1.90 bits per heavy atom. The van der Waals surface area contributed by atoms with Gasteiger partial charge in [0.2, 0.25) is 0 Å². The molecule has 0 aliphatic carbocycles. The average Bonchev–Trinajstić information content (AvgIpc) is 2.25. The summed E-state index contributed by atoms with van der Waals surface area (Å²) in [6.45, 7) is 6.18. The van der Waals surface area contributed by atoms with Crippen LogP contribution in [0.25, 0.3) is 0 Å². The summed E-state index contributed by atoms with van der Waals surface area (Å²) >= 11 is 0. The molecule has 0 heterocycles. The molecule has 0 saturated heterocycles.